The maximum Gasteiger partial charge on any atom is 0.273 e. The molecular formula is C15H22N2O4S. The molecule has 0 unspecified atom stereocenters. The highest BCUT2D eigenvalue weighted by Gasteiger charge is 2.31. The number of rotatable bonds is 4. The highest BCUT2D eigenvalue weighted by atomic mass is 32.2. The molecule has 0 bridgehead atoms. The van der Waals surface area contributed by atoms with Crippen LogP contribution in [0.15, 0.2) is 23.1 Å². The first-order valence-corrected chi connectivity index (χ1v) is 8.98. The van der Waals surface area contributed by atoms with Crippen molar-refractivity contribution >= 4 is 15.7 Å². The molecule has 0 aliphatic heterocycles. The lowest BCUT2D eigenvalue weighted by Gasteiger charge is -2.34. The van der Waals surface area contributed by atoms with Gasteiger partial charge in [0.05, 0.1) is 9.82 Å². The molecule has 2 rings (SSSR count). The molecule has 7 heteroatoms. The van der Waals surface area contributed by atoms with Gasteiger partial charge >= 0.3 is 0 Å². The maximum absolute atomic E-state index is 12.5. The predicted octanol–water partition coefficient (Wildman–Crippen LogP) is 3.01. The first-order valence-electron chi connectivity index (χ1n) is 7.49. The summed E-state index contributed by atoms with van der Waals surface area (Å²) in [5.74, 6) is 0.720. The maximum atomic E-state index is 12.5. The van der Waals surface area contributed by atoms with Gasteiger partial charge in [-0.05, 0) is 31.2 Å². The van der Waals surface area contributed by atoms with E-state index in [1.807, 2.05) is 0 Å². The summed E-state index contributed by atoms with van der Waals surface area (Å²) in [6.07, 6.45) is 2.90. The molecule has 1 aromatic carbocycles. The van der Waals surface area contributed by atoms with Crippen LogP contribution in [0.1, 0.15) is 38.7 Å². The van der Waals surface area contributed by atoms with Gasteiger partial charge in [0.2, 0.25) is 10.0 Å². The molecule has 122 valence electrons. The molecule has 1 saturated carbocycles. The Morgan fingerprint density at radius 2 is 1.95 bits per heavy atom. The Bertz CT molecular complexity index is 672. The molecule has 1 fully saturated rings. The van der Waals surface area contributed by atoms with Gasteiger partial charge in [0.25, 0.3) is 5.69 Å². The summed E-state index contributed by atoms with van der Waals surface area (Å²) >= 11 is 0. The van der Waals surface area contributed by atoms with E-state index >= 15 is 0 Å². The number of sulfonamides is 1. The van der Waals surface area contributed by atoms with Crippen LogP contribution < -0.4 is 4.72 Å². The summed E-state index contributed by atoms with van der Waals surface area (Å²) in [5, 5.41) is 11.0. The molecule has 0 aromatic heterocycles. The fraction of sp³-hybridized carbons (Fsp3) is 0.600. The fourth-order valence-electron chi connectivity index (χ4n) is 2.97. The third-order valence-electron chi connectivity index (χ3n) is 4.70. The Labute approximate surface area is 131 Å². The molecule has 1 aromatic rings. The minimum atomic E-state index is -3.74. The normalized spacial score (nSPS) is 25.9. The molecule has 1 aliphatic rings. The molecule has 0 saturated heterocycles. The number of nitrogens with zero attached hydrogens (tertiary/aromatic N) is 1. The molecule has 0 radical (unpaired) electrons. The van der Waals surface area contributed by atoms with E-state index in [1.165, 1.54) is 12.1 Å². The number of nitro benzene ring substituents is 1. The number of hydrogen-bond donors (Lipinski definition) is 1. The third-order valence-corrected chi connectivity index (χ3v) is 6.19. The van der Waals surface area contributed by atoms with Gasteiger partial charge in [-0.25, -0.2) is 13.1 Å². The van der Waals surface area contributed by atoms with Crippen molar-refractivity contribution < 1.29 is 13.3 Å². The summed E-state index contributed by atoms with van der Waals surface area (Å²) < 4.78 is 27.7. The first kappa shape index (κ1) is 16.9. The van der Waals surface area contributed by atoms with Crippen molar-refractivity contribution in [2.45, 2.75) is 51.0 Å². The van der Waals surface area contributed by atoms with Crippen LogP contribution in [-0.4, -0.2) is 19.4 Å². The zero-order valence-corrected chi connectivity index (χ0v) is 13.9. The standard InChI is InChI=1S/C15H22N2O4S/c1-10-5-4-6-14(12(10)3)16-22(20,21)13-8-7-11(2)15(9-13)17(18)19/h7-10,12,14,16H,4-6H2,1-3H3/t10-,12-,14+/m0/s1. The van der Waals surface area contributed by atoms with Gasteiger partial charge in [-0.1, -0.05) is 32.8 Å². The van der Waals surface area contributed by atoms with Crippen molar-refractivity contribution in [3.63, 3.8) is 0 Å². The summed E-state index contributed by atoms with van der Waals surface area (Å²) in [6, 6.07) is 3.91. The number of hydrogen-bond acceptors (Lipinski definition) is 4. The monoisotopic (exact) mass is 326 g/mol. The lowest BCUT2D eigenvalue weighted by atomic mass is 9.78. The van der Waals surface area contributed by atoms with Crippen molar-refractivity contribution in [1.82, 2.24) is 4.72 Å². The molecule has 1 aliphatic carbocycles. The van der Waals surface area contributed by atoms with E-state index in [4.69, 9.17) is 0 Å². The zero-order valence-electron chi connectivity index (χ0n) is 13.1. The lowest BCUT2D eigenvalue weighted by molar-refractivity contribution is -0.385. The smallest absolute Gasteiger partial charge is 0.258 e. The zero-order chi connectivity index (χ0) is 16.5. The average molecular weight is 326 g/mol. The summed E-state index contributed by atoms with van der Waals surface area (Å²) in [4.78, 5) is 10.4. The second kappa shape index (κ2) is 6.34. The van der Waals surface area contributed by atoms with Gasteiger partial charge in [0, 0.05) is 17.7 Å². The first-order chi connectivity index (χ1) is 10.2. The van der Waals surface area contributed by atoms with Crippen molar-refractivity contribution in [1.29, 1.82) is 0 Å². The van der Waals surface area contributed by atoms with E-state index in [2.05, 4.69) is 18.6 Å². The van der Waals surface area contributed by atoms with E-state index in [9.17, 15) is 18.5 Å². The Hall–Kier alpha value is -1.47. The Morgan fingerprint density at radius 3 is 2.59 bits per heavy atom. The number of aryl methyl sites for hydroxylation is 1. The van der Waals surface area contributed by atoms with E-state index in [0.717, 1.165) is 25.3 Å². The van der Waals surface area contributed by atoms with Gasteiger partial charge in [-0.15, -0.1) is 0 Å². The second-order valence-corrected chi connectivity index (χ2v) is 7.91. The molecule has 1 N–H and O–H groups in total. The van der Waals surface area contributed by atoms with Crippen molar-refractivity contribution in [2.24, 2.45) is 11.8 Å². The topological polar surface area (TPSA) is 89.3 Å². The average Bonchev–Trinajstić information content (AvgIpc) is 2.43. The van der Waals surface area contributed by atoms with Crippen LogP contribution in [0.3, 0.4) is 0 Å². The minimum Gasteiger partial charge on any atom is -0.258 e. The number of benzene rings is 1. The second-order valence-electron chi connectivity index (χ2n) is 6.20. The summed E-state index contributed by atoms with van der Waals surface area (Å²) in [5.41, 5.74) is 0.275. The lowest BCUT2D eigenvalue weighted by Crippen LogP contribution is -2.43. The Kier molecular flexibility index (Phi) is 4.87. The van der Waals surface area contributed by atoms with Crippen LogP contribution in [0.4, 0.5) is 5.69 Å². The number of nitrogens with one attached hydrogen (secondary N) is 1. The van der Waals surface area contributed by atoms with E-state index in [1.54, 1.807) is 6.92 Å². The van der Waals surface area contributed by atoms with Crippen LogP contribution in [0, 0.1) is 28.9 Å². The summed E-state index contributed by atoms with van der Waals surface area (Å²) in [7, 11) is -3.74. The Balaban J connectivity index is 2.27. The van der Waals surface area contributed by atoms with Crippen LogP contribution in [0.25, 0.3) is 0 Å². The molecule has 6 nitrogen and oxygen atoms in total. The van der Waals surface area contributed by atoms with Gasteiger partial charge in [-0.2, -0.15) is 0 Å². The van der Waals surface area contributed by atoms with E-state index in [0.29, 0.717) is 11.5 Å². The molecule has 3 atom stereocenters. The SMILES string of the molecule is Cc1ccc(S(=O)(=O)N[C@@H]2CCC[C@H](C)[C@@H]2C)cc1[N+](=O)[O-]. The quantitative estimate of drug-likeness (QED) is 0.680. The van der Waals surface area contributed by atoms with Crippen molar-refractivity contribution in [3.8, 4) is 0 Å². The van der Waals surface area contributed by atoms with Crippen LogP contribution in [-0.2, 0) is 10.0 Å². The van der Waals surface area contributed by atoms with E-state index in [-0.39, 0.29) is 22.5 Å². The van der Waals surface area contributed by atoms with Gasteiger partial charge in [0.1, 0.15) is 0 Å². The highest BCUT2D eigenvalue weighted by molar-refractivity contribution is 7.89. The van der Waals surface area contributed by atoms with E-state index < -0.39 is 14.9 Å². The summed E-state index contributed by atoms with van der Waals surface area (Å²) in [6.45, 7) is 5.77. The van der Waals surface area contributed by atoms with Crippen LogP contribution in [0.5, 0.6) is 0 Å². The highest BCUT2D eigenvalue weighted by Crippen LogP contribution is 2.31. The van der Waals surface area contributed by atoms with Crippen molar-refractivity contribution in [3.05, 3.63) is 33.9 Å². The van der Waals surface area contributed by atoms with Gasteiger partial charge in [-0.3, -0.25) is 10.1 Å². The molecule has 0 amide bonds. The molecular weight excluding hydrogens is 304 g/mol. The molecule has 22 heavy (non-hydrogen) atoms. The minimum absolute atomic E-state index is 0.0461. The Morgan fingerprint density at radius 1 is 1.27 bits per heavy atom. The predicted molar refractivity (Wildman–Crippen MR) is 84.1 cm³/mol. The largest absolute Gasteiger partial charge is 0.273 e. The van der Waals surface area contributed by atoms with Crippen LogP contribution in [0.2, 0.25) is 0 Å². The number of nitro groups is 1. The van der Waals surface area contributed by atoms with Crippen LogP contribution >= 0.6 is 0 Å². The third kappa shape index (κ3) is 3.47. The molecule has 0 spiro atoms. The van der Waals surface area contributed by atoms with Gasteiger partial charge < -0.3 is 0 Å². The molecule has 0 heterocycles. The van der Waals surface area contributed by atoms with Gasteiger partial charge in [0.15, 0.2) is 0 Å². The fourth-order valence-corrected chi connectivity index (χ4v) is 4.35. The van der Waals surface area contributed by atoms with Crippen molar-refractivity contribution in [2.75, 3.05) is 0 Å².